The van der Waals surface area contributed by atoms with Crippen LogP contribution < -0.4 is 10.1 Å². The van der Waals surface area contributed by atoms with Gasteiger partial charge in [-0.15, -0.1) is 0 Å². The van der Waals surface area contributed by atoms with Crippen LogP contribution in [0.25, 0.3) is 0 Å². The maximum Gasteiger partial charge on any atom is 0.256 e. The summed E-state index contributed by atoms with van der Waals surface area (Å²) in [5.74, 6) is -0.816. The minimum Gasteiger partial charge on any atom is -0.497 e. The van der Waals surface area contributed by atoms with Crippen molar-refractivity contribution < 1.29 is 18.7 Å². The predicted octanol–water partition coefficient (Wildman–Crippen LogP) is 3.22. The van der Waals surface area contributed by atoms with Crippen molar-refractivity contribution in [2.24, 2.45) is 5.92 Å². The fourth-order valence-electron chi connectivity index (χ4n) is 3.61. The van der Waals surface area contributed by atoms with E-state index in [-0.39, 0.29) is 35.8 Å². The van der Waals surface area contributed by atoms with E-state index in [2.05, 4.69) is 5.32 Å². The smallest absolute Gasteiger partial charge is 0.256 e. The van der Waals surface area contributed by atoms with Crippen molar-refractivity contribution in [3.8, 4) is 5.75 Å². The summed E-state index contributed by atoms with van der Waals surface area (Å²) in [5, 5.41) is 2.93. The number of nitrogens with zero attached hydrogens (tertiary/aromatic N) is 1. The van der Waals surface area contributed by atoms with Crippen molar-refractivity contribution in [3.63, 3.8) is 0 Å². The van der Waals surface area contributed by atoms with Gasteiger partial charge in [-0.05, 0) is 36.2 Å². The van der Waals surface area contributed by atoms with E-state index in [0.717, 1.165) is 17.7 Å². The molecule has 28 heavy (non-hydrogen) atoms. The largest absolute Gasteiger partial charge is 0.497 e. The van der Waals surface area contributed by atoms with E-state index in [9.17, 15) is 14.0 Å². The fourth-order valence-corrected chi connectivity index (χ4v) is 3.61. The lowest BCUT2D eigenvalue weighted by molar-refractivity contribution is -0.124. The zero-order valence-electron chi connectivity index (χ0n) is 16.2. The summed E-state index contributed by atoms with van der Waals surface area (Å²) in [6.45, 7) is 3.21. The van der Waals surface area contributed by atoms with Crippen LogP contribution in [0.15, 0.2) is 48.5 Å². The third kappa shape index (κ3) is 4.16. The lowest BCUT2D eigenvalue weighted by Crippen LogP contribution is -2.36. The molecule has 2 atom stereocenters. The average molecular weight is 384 g/mol. The van der Waals surface area contributed by atoms with E-state index in [4.69, 9.17) is 4.74 Å². The van der Waals surface area contributed by atoms with Crippen molar-refractivity contribution in [2.75, 3.05) is 26.7 Å². The van der Waals surface area contributed by atoms with Gasteiger partial charge >= 0.3 is 0 Å². The molecular weight excluding hydrogens is 359 g/mol. The van der Waals surface area contributed by atoms with Crippen LogP contribution in [0.3, 0.4) is 0 Å². The summed E-state index contributed by atoms with van der Waals surface area (Å²) < 4.78 is 19.3. The zero-order chi connectivity index (χ0) is 20.1. The molecule has 2 aromatic carbocycles. The molecular formula is C22H25FN2O3. The Hall–Kier alpha value is -2.89. The lowest BCUT2D eigenvalue weighted by atomic mass is 9.88. The second kappa shape index (κ2) is 8.87. The van der Waals surface area contributed by atoms with Crippen molar-refractivity contribution in [3.05, 3.63) is 65.5 Å². The Balaban J connectivity index is 1.86. The molecule has 5 nitrogen and oxygen atoms in total. The van der Waals surface area contributed by atoms with Crippen LogP contribution in [-0.2, 0) is 4.79 Å². The number of benzene rings is 2. The van der Waals surface area contributed by atoms with Gasteiger partial charge in [0.1, 0.15) is 11.6 Å². The standard InChI is InChI=1S/C22H25FN2O3/c1-3-12-24-21(26)19-14-25(22(27)17-6-4-5-7-20(17)23)13-18(19)15-8-10-16(28-2)11-9-15/h4-11,18-19H,3,12-14H2,1-2H3,(H,24,26). The van der Waals surface area contributed by atoms with E-state index < -0.39 is 5.82 Å². The molecule has 1 N–H and O–H groups in total. The number of halogens is 1. The van der Waals surface area contributed by atoms with E-state index in [0.29, 0.717) is 13.1 Å². The molecule has 0 radical (unpaired) electrons. The predicted molar refractivity (Wildman–Crippen MR) is 105 cm³/mol. The topological polar surface area (TPSA) is 58.6 Å². The molecule has 2 unspecified atom stereocenters. The number of ether oxygens (including phenoxy) is 1. The molecule has 0 spiro atoms. The molecule has 0 saturated carbocycles. The van der Waals surface area contributed by atoms with Crippen LogP contribution in [0, 0.1) is 11.7 Å². The first kappa shape index (κ1) is 19.9. The highest BCUT2D eigenvalue weighted by atomic mass is 19.1. The minimum absolute atomic E-state index is 0.0330. The number of amides is 2. The van der Waals surface area contributed by atoms with E-state index in [1.54, 1.807) is 24.1 Å². The van der Waals surface area contributed by atoms with Gasteiger partial charge in [-0.3, -0.25) is 9.59 Å². The van der Waals surface area contributed by atoms with Gasteiger partial charge < -0.3 is 15.0 Å². The molecule has 3 rings (SSSR count). The molecule has 1 heterocycles. The van der Waals surface area contributed by atoms with Crippen molar-refractivity contribution >= 4 is 11.8 Å². The Bertz CT molecular complexity index is 838. The molecule has 0 bridgehead atoms. The van der Waals surface area contributed by atoms with Crippen molar-refractivity contribution in [1.29, 1.82) is 0 Å². The van der Waals surface area contributed by atoms with Crippen LogP contribution in [0.1, 0.15) is 35.2 Å². The Morgan fingerprint density at radius 3 is 2.50 bits per heavy atom. The van der Waals surface area contributed by atoms with Crippen LogP contribution in [0.5, 0.6) is 5.75 Å². The van der Waals surface area contributed by atoms with Crippen molar-refractivity contribution in [2.45, 2.75) is 19.3 Å². The van der Waals surface area contributed by atoms with Gasteiger partial charge in [-0.25, -0.2) is 4.39 Å². The van der Waals surface area contributed by atoms with Crippen molar-refractivity contribution in [1.82, 2.24) is 10.2 Å². The molecule has 2 amide bonds. The summed E-state index contributed by atoms with van der Waals surface area (Å²) in [7, 11) is 1.60. The maximum atomic E-state index is 14.1. The summed E-state index contributed by atoms with van der Waals surface area (Å²) in [5.41, 5.74) is 0.992. The van der Waals surface area contributed by atoms with Crippen LogP contribution >= 0.6 is 0 Å². The third-order valence-corrected chi connectivity index (χ3v) is 5.14. The summed E-state index contributed by atoms with van der Waals surface area (Å²) in [6.07, 6.45) is 0.837. The number of rotatable bonds is 6. The summed E-state index contributed by atoms with van der Waals surface area (Å²) in [4.78, 5) is 27.2. The third-order valence-electron chi connectivity index (χ3n) is 5.14. The second-order valence-electron chi connectivity index (χ2n) is 6.97. The van der Waals surface area contributed by atoms with Gasteiger partial charge in [-0.1, -0.05) is 31.2 Å². The highest BCUT2D eigenvalue weighted by Gasteiger charge is 2.40. The Morgan fingerprint density at radius 2 is 1.86 bits per heavy atom. The highest BCUT2D eigenvalue weighted by Crippen LogP contribution is 2.34. The molecule has 1 saturated heterocycles. The zero-order valence-corrected chi connectivity index (χ0v) is 16.2. The van der Waals surface area contributed by atoms with Gasteiger partial charge in [-0.2, -0.15) is 0 Å². The number of methoxy groups -OCH3 is 1. The molecule has 2 aromatic rings. The average Bonchev–Trinajstić information content (AvgIpc) is 3.17. The van der Waals surface area contributed by atoms with Gasteiger partial charge in [0.15, 0.2) is 0 Å². The summed E-state index contributed by atoms with van der Waals surface area (Å²) in [6, 6.07) is 13.5. The van der Waals surface area contributed by atoms with Gasteiger partial charge in [0.25, 0.3) is 5.91 Å². The van der Waals surface area contributed by atoms with Gasteiger partial charge in [0.05, 0.1) is 18.6 Å². The number of carbonyl (C=O) groups excluding carboxylic acids is 2. The SMILES string of the molecule is CCCNC(=O)C1CN(C(=O)c2ccccc2F)CC1c1ccc(OC)cc1. The number of nitrogens with one attached hydrogen (secondary N) is 1. The van der Waals surface area contributed by atoms with E-state index in [1.807, 2.05) is 31.2 Å². The first-order chi connectivity index (χ1) is 13.5. The Labute approximate surface area is 164 Å². The fraction of sp³-hybridized carbons (Fsp3) is 0.364. The number of carbonyl (C=O) groups is 2. The molecule has 6 heteroatoms. The summed E-state index contributed by atoms with van der Waals surface area (Å²) >= 11 is 0. The van der Waals surface area contributed by atoms with E-state index >= 15 is 0 Å². The number of hydrogen-bond donors (Lipinski definition) is 1. The monoisotopic (exact) mass is 384 g/mol. The number of hydrogen-bond acceptors (Lipinski definition) is 3. The molecule has 0 aromatic heterocycles. The second-order valence-corrected chi connectivity index (χ2v) is 6.97. The molecule has 0 aliphatic carbocycles. The minimum atomic E-state index is -0.549. The number of likely N-dealkylation sites (tertiary alicyclic amines) is 1. The molecule has 1 aliphatic rings. The molecule has 1 fully saturated rings. The van der Waals surface area contributed by atoms with Crippen LogP contribution in [0.4, 0.5) is 4.39 Å². The van der Waals surface area contributed by atoms with E-state index in [1.165, 1.54) is 12.1 Å². The Morgan fingerprint density at radius 1 is 1.14 bits per heavy atom. The maximum absolute atomic E-state index is 14.1. The molecule has 1 aliphatic heterocycles. The quantitative estimate of drug-likeness (QED) is 0.832. The van der Waals surface area contributed by atoms with Gasteiger partial charge in [0, 0.05) is 25.6 Å². The first-order valence-corrected chi connectivity index (χ1v) is 9.50. The Kier molecular flexibility index (Phi) is 6.29. The van der Waals surface area contributed by atoms with Crippen LogP contribution in [-0.4, -0.2) is 43.5 Å². The van der Waals surface area contributed by atoms with Gasteiger partial charge in [0.2, 0.25) is 5.91 Å². The highest BCUT2D eigenvalue weighted by molar-refractivity contribution is 5.95. The lowest BCUT2D eigenvalue weighted by Gasteiger charge is -2.18. The normalized spacial score (nSPS) is 18.8. The first-order valence-electron chi connectivity index (χ1n) is 9.50. The van der Waals surface area contributed by atoms with Crippen LogP contribution in [0.2, 0.25) is 0 Å². The molecule has 148 valence electrons.